The smallest absolute Gasteiger partial charge is 0.115 e. The van der Waals surface area contributed by atoms with Gasteiger partial charge in [-0.1, -0.05) is 41.3 Å². The number of hydrogen-bond acceptors (Lipinski definition) is 1. The summed E-state index contributed by atoms with van der Waals surface area (Å²) < 4.78 is 0. The quantitative estimate of drug-likeness (QED) is 0.783. The summed E-state index contributed by atoms with van der Waals surface area (Å²) in [7, 11) is 5.71. The lowest BCUT2D eigenvalue weighted by Crippen LogP contribution is -2.03. The average Bonchev–Trinajstić information content (AvgIpc) is 2.27. The van der Waals surface area contributed by atoms with E-state index in [2.05, 4.69) is 0 Å². The molecule has 2 aromatic rings. The molecule has 2 aromatic carbocycles. The molecule has 0 aliphatic carbocycles. The fourth-order valence-corrected chi connectivity index (χ4v) is 1.75. The van der Waals surface area contributed by atoms with Crippen LogP contribution in [0, 0.1) is 0 Å². The predicted octanol–water partition coefficient (Wildman–Crippen LogP) is 2.43. The maximum atomic E-state index is 9.18. The topological polar surface area (TPSA) is 20.2 Å². The Hall–Kier alpha value is -1.41. The summed E-state index contributed by atoms with van der Waals surface area (Å²) in [6.07, 6.45) is 0.712. The van der Waals surface area contributed by atoms with E-state index in [0.717, 1.165) is 11.1 Å². The van der Waals surface area contributed by atoms with Crippen LogP contribution in [0.1, 0.15) is 11.1 Å². The number of aromatic hydroxyl groups is 1. The molecule has 0 amide bonds. The molecule has 3 heteroatoms. The molecule has 1 N–H and O–H groups in total. The van der Waals surface area contributed by atoms with Crippen LogP contribution < -0.4 is 5.46 Å². The Kier molecular flexibility index (Phi) is 3.21. The molecule has 0 aromatic heterocycles. The van der Waals surface area contributed by atoms with Gasteiger partial charge in [-0.15, -0.1) is 0 Å². The number of phenols is 1. The Balaban J connectivity index is 2.26. The molecule has 1 nitrogen and oxygen atoms in total. The van der Waals surface area contributed by atoms with E-state index in [1.807, 2.05) is 18.2 Å². The van der Waals surface area contributed by atoms with Crippen molar-refractivity contribution in [3.05, 3.63) is 58.6 Å². The van der Waals surface area contributed by atoms with Crippen LogP contribution in [-0.4, -0.2) is 13.0 Å². The summed E-state index contributed by atoms with van der Waals surface area (Å²) in [4.78, 5) is 0. The zero-order chi connectivity index (χ0) is 11.5. The maximum absolute atomic E-state index is 9.18. The molecule has 0 unspecified atom stereocenters. The normalized spacial score (nSPS) is 10.3. The largest absolute Gasteiger partial charge is 0.508 e. The minimum absolute atomic E-state index is 0.266. The molecule has 78 valence electrons. The molecule has 16 heavy (non-hydrogen) atoms. The van der Waals surface area contributed by atoms with E-state index in [9.17, 15) is 5.11 Å². The number of phenolic OH excluding ortho intramolecular Hbond substituents is 1. The van der Waals surface area contributed by atoms with Crippen LogP contribution in [-0.2, 0) is 6.42 Å². The molecule has 0 fully saturated rings. The first-order valence-electron chi connectivity index (χ1n) is 4.97. The van der Waals surface area contributed by atoms with Gasteiger partial charge in [0, 0.05) is 5.02 Å². The highest BCUT2D eigenvalue weighted by Gasteiger charge is 2.02. The first-order valence-corrected chi connectivity index (χ1v) is 5.35. The Labute approximate surface area is 101 Å². The van der Waals surface area contributed by atoms with Crippen LogP contribution in [0.5, 0.6) is 5.75 Å². The van der Waals surface area contributed by atoms with Gasteiger partial charge in [-0.25, -0.2) is 0 Å². The second kappa shape index (κ2) is 4.62. The van der Waals surface area contributed by atoms with Crippen molar-refractivity contribution in [3.63, 3.8) is 0 Å². The summed E-state index contributed by atoms with van der Waals surface area (Å²) in [5.41, 5.74) is 2.79. The number of benzene rings is 2. The van der Waals surface area contributed by atoms with Crippen molar-refractivity contribution in [2.75, 3.05) is 0 Å². The van der Waals surface area contributed by atoms with Crippen LogP contribution in [0.4, 0.5) is 0 Å². The van der Waals surface area contributed by atoms with Crippen molar-refractivity contribution in [2.24, 2.45) is 0 Å². The molecule has 0 atom stereocenters. The van der Waals surface area contributed by atoms with E-state index in [4.69, 9.17) is 19.4 Å². The summed E-state index contributed by atoms with van der Waals surface area (Å²) >= 11 is 6.07. The molecule has 2 radical (unpaired) electrons. The highest BCUT2D eigenvalue weighted by atomic mass is 35.5. The second-order valence-corrected chi connectivity index (χ2v) is 4.10. The number of rotatable bonds is 2. The van der Waals surface area contributed by atoms with Gasteiger partial charge in [0.05, 0.1) is 0 Å². The second-order valence-electron chi connectivity index (χ2n) is 3.69. The lowest BCUT2D eigenvalue weighted by atomic mass is 9.92. The van der Waals surface area contributed by atoms with Crippen molar-refractivity contribution < 1.29 is 5.11 Å². The van der Waals surface area contributed by atoms with Gasteiger partial charge < -0.3 is 5.11 Å². The zero-order valence-corrected chi connectivity index (χ0v) is 9.41. The molecular formula is C13H10BClO. The predicted molar refractivity (Wildman–Crippen MR) is 67.8 cm³/mol. The van der Waals surface area contributed by atoms with Gasteiger partial charge in [-0.2, -0.15) is 0 Å². The zero-order valence-electron chi connectivity index (χ0n) is 8.65. The minimum atomic E-state index is 0.266. The van der Waals surface area contributed by atoms with Crippen LogP contribution in [0.15, 0.2) is 42.5 Å². The fraction of sp³-hybridized carbons (Fsp3) is 0.0769. The third-order valence-electron chi connectivity index (χ3n) is 2.40. The number of halogens is 1. The van der Waals surface area contributed by atoms with Crippen molar-refractivity contribution in [2.45, 2.75) is 6.42 Å². The van der Waals surface area contributed by atoms with Gasteiger partial charge in [0.2, 0.25) is 0 Å². The van der Waals surface area contributed by atoms with Crippen LogP contribution in [0.3, 0.4) is 0 Å². The Morgan fingerprint density at radius 1 is 1.06 bits per heavy atom. The monoisotopic (exact) mass is 228 g/mol. The van der Waals surface area contributed by atoms with Gasteiger partial charge in [0.1, 0.15) is 13.6 Å². The molecule has 0 heterocycles. The van der Waals surface area contributed by atoms with E-state index in [0.29, 0.717) is 16.9 Å². The molecule has 0 spiro atoms. The molecular weight excluding hydrogens is 218 g/mol. The van der Waals surface area contributed by atoms with E-state index < -0.39 is 0 Å². The van der Waals surface area contributed by atoms with Crippen molar-refractivity contribution >= 4 is 24.9 Å². The van der Waals surface area contributed by atoms with Crippen LogP contribution in [0.25, 0.3) is 0 Å². The maximum Gasteiger partial charge on any atom is 0.115 e. The van der Waals surface area contributed by atoms with Crippen LogP contribution in [0.2, 0.25) is 5.02 Å². The summed E-state index contributed by atoms with van der Waals surface area (Å²) in [6, 6.07) is 12.5. The lowest BCUT2D eigenvalue weighted by molar-refractivity contribution is 0.475. The van der Waals surface area contributed by atoms with Gasteiger partial charge in [-0.05, 0) is 35.7 Å². The van der Waals surface area contributed by atoms with Gasteiger partial charge in [0.15, 0.2) is 0 Å². The third kappa shape index (κ3) is 2.58. The van der Waals surface area contributed by atoms with Gasteiger partial charge in [0.25, 0.3) is 0 Å². The summed E-state index contributed by atoms with van der Waals surface area (Å²) in [5, 5.41) is 9.89. The van der Waals surface area contributed by atoms with Crippen molar-refractivity contribution in [1.82, 2.24) is 0 Å². The van der Waals surface area contributed by atoms with E-state index >= 15 is 0 Å². The first-order chi connectivity index (χ1) is 7.65. The summed E-state index contributed by atoms with van der Waals surface area (Å²) in [6.45, 7) is 0. The number of hydrogen-bond donors (Lipinski definition) is 1. The average molecular weight is 228 g/mol. The molecule has 0 aliphatic rings. The van der Waals surface area contributed by atoms with E-state index in [-0.39, 0.29) is 5.75 Å². The SMILES string of the molecule is [B]c1ccc(Cl)c(Cc2ccc(O)cc2)c1. The first kappa shape index (κ1) is 11.1. The van der Waals surface area contributed by atoms with Crippen molar-refractivity contribution in [1.29, 1.82) is 0 Å². The van der Waals surface area contributed by atoms with E-state index in [1.54, 1.807) is 24.3 Å². The molecule has 0 aliphatic heterocycles. The Bertz CT molecular complexity index is 494. The van der Waals surface area contributed by atoms with E-state index in [1.165, 1.54) is 0 Å². The highest BCUT2D eigenvalue weighted by molar-refractivity contribution is 6.34. The standard InChI is InChI=1S/C13H10BClO/c14-11-3-6-13(15)10(8-11)7-9-1-4-12(16)5-2-9/h1-6,8,16H,7H2. The minimum Gasteiger partial charge on any atom is -0.508 e. The van der Waals surface area contributed by atoms with Gasteiger partial charge >= 0.3 is 0 Å². The van der Waals surface area contributed by atoms with Crippen molar-refractivity contribution in [3.8, 4) is 5.75 Å². The molecule has 0 saturated heterocycles. The molecule has 0 bridgehead atoms. The highest BCUT2D eigenvalue weighted by Crippen LogP contribution is 2.19. The molecule has 0 saturated carbocycles. The fourth-order valence-electron chi connectivity index (χ4n) is 1.56. The summed E-state index contributed by atoms with van der Waals surface area (Å²) in [5.74, 6) is 0.266. The lowest BCUT2D eigenvalue weighted by Gasteiger charge is -2.06. The Morgan fingerprint density at radius 3 is 2.44 bits per heavy atom. The Morgan fingerprint density at radius 2 is 1.75 bits per heavy atom. The molecule has 2 rings (SSSR count). The van der Waals surface area contributed by atoms with Crippen LogP contribution >= 0.6 is 11.6 Å². The third-order valence-corrected chi connectivity index (χ3v) is 2.77. The van der Waals surface area contributed by atoms with Gasteiger partial charge in [-0.3, -0.25) is 0 Å².